The number of pyridine rings is 1. The topological polar surface area (TPSA) is 69.3 Å². The first-order chi connectivity index (χ1) is 14.7. The standard InChI is InChI=1S/C23H29N5OS/c1-24-20-14-19(30-22(20)23(29)27-18-6-5-11-25-16-18)9-7-17-8-10-21(26-15-17)28-12-3-2-4-13-28/h8,10,14-15,18,24-25H,2-6,11-13,16H2,1H3,(H,27,29). The number of nitrogens with zero attached hydrogens (tertiary/aromatic N) is 2. The molecule has 6 nitrogen and oxygen atoms in total. The highest BCUT2D eigenvalue weighted by Crippen LogP contribution is 2.27. The van der Waals surface area contributed by atoms with Crippen LogP contribution < -0.4 is 20.9 Å². The number of hydrogen-bond donors (Lipinski definition) is 3. The Bertz CT molecular complexity index is 915. The average molecular weight is 424 g/mol. The molecule has 2 aromatic heterocycles. The third-order valence-corrected chi connectivity index (χ3v) is 6.65. The second-order valence-corrected chi connectivity index (χ2v) is 8.88. The normalized spacial score (nSPS) is 19.0. The van der Waals surface area contributed by atoms with Crippen molar-refractivity contribution in [3.8, 4) is 11.8 Å². The van der Waals surface area contributed by atoms with Crippen LogP contribution in [-0.4, -0.2) is 50.2 Å². The molecule has 7 heteroatoms. The van der Waals surface area contributed by atoms with Gasteiger partial charge in [-0.15, -0.1) is 11.3 Å². The Morgan fingerprint density at radius 1 is 1.23 bits per heavy atom. The quantitative estimate of drug-likeness (QED) is 0.660. The van der Waals surface area contributed by atoms with E-state index in [-0.39, 0.29) is 11.9 Å². The highest BCUT2D eigenvalue weighted by atomic mass is 32.1. The molecule has 2 aliphatic heterocycles. The van der Waals surface area contributed by atoms with E-state index in [1.165, 1.54) is 30.6 Å². The zero-order valence-corrected chi connectivity index (χ0v) is 18.3. The Morgan fingerprint density at radius 3 is 2.80 bits per heavy atom. The van der Waals surface area contributed by atoms with Crippen LogP contribution in [0.1, 0.15) is 52.2 Å². The number of carbonyl (C=O) groups is 1. The minimum absolute atomic E-state index is 0.0290. The number of amides is 1. The molecule has 0 spiro atoms. The van der Waals surface area contributed by atoms with Crippen molar-refractivity contribution in [1.29, 1.82) is 0 Å². The molecule has 30 heavy (non-hydrogen) atoms. The first-order valence-corrected chi connectivity index (χ1v) is 11.6. The molecule has 0 bridgehead atoms. The first kappa shape index (κ1) is 20.7. The summed E-state index contributed by atoms with van der Waals surface area (Å²) >= 11 is 1.43. The molecule has 2 aromatic rings. The predicted molar refractivity (Wildman–Crippen MR) is 124 cm³/mol. The maximum Gasteiger partial charge on any atom is 0.263 e. The fraction of sp³-hybridized carbons (Fsp3) is 0.478. The molecule has 0 saturated carbocycles. The summed E-state index contributed by atoms with van der Waals surface area (Å²) in [5.74, 6) is 7.39. The summed E-state index contributed by atoms with van der Waals surface area (Å²) < 4.78 is 0. The van der Waals surface area contributed by atoms with Gasteiger partial charge in [0, 0.05) is 44.5 Å². The highest BCUT2D eigenvalue weighted by Gasteiger charge is 2.20. The molecule has 2 aliphatic rings. The number of hydrogen-bond acceptors (Lipinski definition) is 6. The summed E-state index contributed by atoms with van der Waals surface area (Å²) in [5.41, 5.74) is 1.71. The molecule has 0 aliphatic carbocycles. The van der Waals surface area contributed by atoms with Gasteiger partial charge in [-0.2, -0.15) is 0 Å². The van der Waals surface area contributed by atoms with Crippen molar-refractivity contribution in [3.05, 3.63) is 39.7 Å². The molecular formula is C23H29N5OS. The molecule has 0 aromatic carbocycles. The summed E-state index contributed by atoms with van der Waals surface area (Å²) in [7, 11) is 1.83. The van der Waals surface area contributed by atoms with E-state index in [0.29, 0.717) is 4.88 Å². The van der Waals surface area contributed by atoms with Crippen LogP contribution in [0.2, 0.25) is 0 Å². The van der Waals surface area contributed by atoms with E-state index in [1.807, 2.05) is 25.4 Å². The van der Waals surface area contributed by atoms with Crippen LogP contribution in [0, 0.1) is 11.8 Å². The van der Waals surface area contributed by atoms with Crippen LogP contribution in [0.25, 0.3) is 0 Å². The van der Waals surface area contributed by atoms with Crippen molar-refractivity contribution in [2.75, 3.05) is 43.4 Å². The Labute approximate surface area is 182 Å². The van der Waals surface area contributed by atoms with Gasteiger partial charge in [-0.1, -0.05) is 11.8 Å². The second-order valence-electron chi connectivity index (χ2n) is 7.82. The van der Waals surface area contributed by atoms with Crippen molar-refractivity contribution < 1.29 is 4.79 Å². The summed E-state index contributed by atoms with van der Waals surface area (Å²) in [6.45, 7) is 4.03. The van der Waals surface area contributed by atoms with Crippen molar-refractivity contribution in [3.63, 3.8) is 0 Å². The Kier molecular flexibility index (Phi) is 6.88. The molecular weight excluding hydrogens is 394 g/mol. The summed E-state index contributed by atoms with van der Waals surface area (Å²) in [4.78, 5) is 21.2. The Balaban J connectivity index is 1.43. The Morgan fingerprint density at radius 2 is 2.10 bits per heavy atom. The molecule has 158 valence electrons. The monoisotopic (exact) mass is 423 g/mol. The van der Waals surface area contributed by atoms with Gasteiger partial charge >= 0.3 is 0 Å². The minimum Gasteiger partial charge on any atom is -0.387 e. The maximum atomic E-state index is 12.7. The van der Waals surface area contributed by atoms with E-state index < -0.39 is 0 Å². The molecule has 3 N–H and O–H groups in total. The minimum atomic E-state index is -0.0290. The number of aromatic nitrogens is 1. The lowest BCUT2D eigenvalue weighted by molar-refractivity contribution is 0.0935. The van der Waals surface area contributed by atoms with E-state index in [1.54, 1.807) is 0 Å². The highest BCUT2D eigenvalue weighted by molar-refractivity contribution is 7.15. The number of rotatable bonds is 4. The van der Waals surface area contributed by atoms with E-state index in [9.17, 15) is 4.79 Å². The van der Waals surface area contributed by atoms with Crippen molar-refractivity contribution in [2.45, 2.75) is 38.1 Å². The van der Waals surface area contributed by atoms with Gasteiger partial charge in [0.05, 0.1) is 10.6 Å². The molecule has 1 atom stereocenters. The van der Waals surface area contributed by atoms with Gasteiger partial charge in [-0.05, 0) is 56.8 Å². The summed E-state index contributed by atoms with van der Waals surface area (Å²) in [5, 5.41) is 9.60. The third kappa shape index (κ3) is 5.13. The van der Waals surface area contributed by atoms with E-state index >= 15 is 0 Å². The van der Waals surface area contributed by atoms with Crippen LogP contribution in [0.3, 0.4) is 0 Å². The van der Waals surface area contributed by atoms with Crippen molar-refractivity contribution >= 4 is 28.7 Å². The van der Waals surface area contributed by atoms with Gasteiger partial charge in [-0.3, -0.25) is 4.79 Å². The fourth-order valence-corrected chi connectivity index (χ4v) is 4.86. The number of thiophene rings is 1. The second kappa shape index (κ2) is 9.96. The van der Waals surface area contributed by atoms with Crippen LogP contribution in [0.4, 0.5) is 11.5 Å². The lowest BCUT2D eigenvalue weighted by Crippen LogP contribution is -2.45. The summed E-state index contributed by atoms with van der Waals surface area (Å²) in [6, 6.07) is 6.22. The number of carbonyl (C=O) groups excluding carboxylic acids is 1. The van der Waals surface area contributed by atoms with Crippen LogP contribution in [-0.2, 0) is 0 Å². The molecule has 4 rings (SSSR count). The van der Waals surface area contributed by atoms with Crippen LogP contribution >= 0.6 is 11.3 Å². The van der Waals surface area contributed by atoms with Crippen molar-refractivity contribution in [2.24, 2.45) is 0 Å². The van der Waals surface area contributed by atoms with Crippen LogP contribution in [0.5, 0.6) is 0 Å². The summed E-state index contributed by atoms with van der Waals surface area (Å²) in [6.07, 6.45) is 7.74. The fourth-order valence-electron chi connectivity index (χ4n) is 3.94. The molecule has 1 unspecified atom stereocenters. The average Bonchev–Trinajstić information content (AvgIpc) is 3.23. The number of piperidine rings is 2. The molecule has 4 heterocycles. The lowest BCUT2D eigenvalue weighted by atomic mass is 10.1. The Hall–Kier alpha value is -2.56. The smallest absolute Gasteiger partial charge is 0.263 e. The zero-order valence-electron chi connectivity index (χ0n) is 17.5. The van der Waals surface area contributed by atoms with Gasteiger partial charge in [0.1, 0.15) is 10.7 Å². The molecule has 2 saturated heterocycles. The maximum absolute atomic E-state index is 12.7. The predicted octanol–water partition coefficient (Wildman–Crippen LogP) is 3.06. The van der Waals surface area contributed by atoms with E-state index in [2.05, 4.69) is 43.7 Å². The van der Waals surface area contributed by atoms with Gasteiger partial charge < -0.3 is 20.9 Å². The van der Waals surface area contributed by atoms with Crippen LogP contribution in [0.15, 0.2) is 24.4 Å². The van der Waals surface area contributed by atoms with E-state index in [4.69, 9.17) is 0 Å². The van der Waals surface area contributed by atoms with Gasteiger partial charge in [0.15, 0.2) is 0 Å². The number of nitrogens with one attached hydrogen (secondary N) is 3. The molecule has 2 fully saturated rings. The van der Waals surface area contributed by atoms with Gasteiger partial charge in [-0.25, -0.2) is 4.98 Å². The number of anilines is 2. The SMILES string of the molecule is CNc1cc(C#Cc2ccc(N3CCCCC3)nc2)sc1C(=O)NC1CCCNC1. The first-order valence-electron chi connectivity index (χ1n) is 10.8. The largest absolute Gasteiger partial charge is 0.387 e. The van der Waals surface area contributed by atoms with Gasteiger partial charge in [0.2, 0.25) is 0 Å². The third-order valence-electron chi connectivity index (χ3n) is 5.60. The molecule has 1 amide bonds. The van der Waals surface area contributed by atoms with E-state index in [0.717, 1.165) is 61.0 Å². The molecule has 0 radical (unpaired) electrons. The van der Waals surface area contributed by atoms with Gasteiger partial charge in [0.25, 0.3) is 5.91 Å². The lowest BCUT2D eigenvalue weighted by Gasteiger charge is -2.27. The van der Waals surface area contributed by atoms with Crippen molar-refractivity contribution in [1.82, 2.24) is 15.6 Å². The zero-order chi connectivity index (χ0) is 20.8.